The summed E-state index contributed by atoms with van der Waals surface area (Å²) in [6, 6.07) is 23.6. The number of fused-ring (bicyclic) bond motifs is 1. The zero-order valence-corrected chi connectivity index (χ0v) is 19.4. The molecule has 1 aliphatic heterocycles. The maximum absolute atomic E-state index is 13.4. The van der Waals surface area contributed by atoms with Gasteiger partial charge in [0.25, 0.3) is 5.91 Å². The van der Waals surface area contributed by atoms with Gasteiger partial charge in [0.1, 0.15) is 5.82 Å². The molecule has 0 radical (unpaired) electrons. The minimum atomic E-state index is -0.316. The van der Waals surface area contributed by atoms with Crippen molar-refractivity contribution in [1.82, 2.24) is 10.2 Å². The van der Waals surface area contributed by atoms with Gasteiger partial charge >= 0.3 is 0 Å². The minimum absolute atomic E-state index is 0.0124. The highest BCUT2D eigenvalue weighted by Crippen LogP contribution is 2.28. The quantitative estimate of drug-likeness (QED) is 0.399. The van der Waals surface area contributed by atoms with Crippen molar-refractivity contribution in [3.05, 3.63) is 106 Å². The van der Waals surface area contributed by atoms with Crippen LogP contribution in [0.2, 0.25) is 0 Å². The number of halogens is 1. The van der Waals surface area contributed by atoms with Crippen LogP contribution in [0.15, 0.2) is 84.2 Å². The molecule has 172 valence electrons. The van der Waals surface area contributed by atoms with Crippen LogP contribution in [0, 0.1) is 11.7 Å². The molecule has 0 saturated carbocycles. The van der Waals surface area contributed by atoms with E-state index in [1.54, 1.807) is 23.5 Å². The molecule has 0 spiro atoms. The maximum atomic E-state index is 13.4. The Kier molecular flexibility index (Phi) is 6.41. The highest BCUT2D eigenvalue weighted by atomic mass is 32.1. The number of hydrogen-bond acceptors (Lipinski definition) is 3. The van der Waals surface area contributed by atoms with Crippen LogP contribution in [0.5, 0.6) is 0 Å². The number of carbonyl (C=O) groups excluding carboxylic acids is 2. The van der Waals surface area contributed by atoms with Crippen molar-refractivity contribution in [1.29, 1.82) is 0 Å². The van der Waals surface area contributed by atoms with Gasteiger partial charge in [0.15, 0.2) is 0 Å². The smallest absolute Gasteiger partial charge is 0.254 e. The number of piperidine rings is 1. The first kappa shape index (κ1) is 22.3. The summed E-state index contributed by atoms with van der Waals surface area (Å²) in [5.41, 5.74) is 1.55. The van der Waals surface area contributed by atoms with Crippen molar-refractivity contribution in [2.45, 2.75) is 18.9 Å². The molecule has 1 atom stereocenters. The monoisotopic (exact) mass is 472 g/mol. The predicted molar refractivity (Wildman–Crippen MR) is 133 cm³/mol. The molecule has 1 unspecified atom stereocenters. The molecule has 0 bridgehead atoms. The molecular formula is C28H25FN2O2S. The van der Waals surface area contributed by atoms with Crippen molar-refractivity contribution in [3.8, 4) is 0 Å². The normalized spacial score (nSPS) is 15.3. The first-order valence-electron chi connectivity index (χ1n) is 11.5. The number of benzene rings is 3. The van der Waals surface area contributed by atoms with Gasteiger partial charge in [-0.05, 0) is 58.8 Å². The molecule has 1 aliphatic rings. The Hall–Kier alpha value is -3.51. The molecule has 1 aromatic heterocycles. The van der Waals surface area contributed by atoms with Crippen LogP contribution < -0.4 is 5.32 Å². The lowest BCUT2D eigenvalue weighted by atomic mass is 9.94. The minimum Gasteiger partial charge on any atom is -0.344 e. The Morgan fingerprint density at radius 2 is 1.65 bits per heavy atom. The van der Waals surface area contributed by atoms with E-state index in [1.165, 1.54) is 12.1 Å². The molecule has 1 saturated heterocycles. The molecule has 3 aromatic carbocycles. The highest BCUT2D eigenvalue weighted by molar-refractivity contribution is 7.10. The van der Waals surface area contributed by atoms with Crippen LogP contribution in [0.4, 0.5) is 4.39 Å². The van der Waals surface area contributed by atoms with E-state index in [1.807, 2.05) is 64.9 Å². The number of hydrogen-bond donors (Lipinski definition) is 1. The van der Waals surface area contributed by atoms with Gasteiger partial charge < -0.3 is 10.2 Å². The summed E-state index contributed by atoms with van der Waals surface area (Å²) in [6.45, 7) is 1.08. The van der Waals surface area contributed by atoms with Gasteiger partial charge in [0.05, 0.1) is 6.04 Å². The Labute approximate surface area is 202 Å². The average Bonchev–Trinajstić information content (AvgIpc) is 3.42. The number of likely N-dealkylation sites (tertiary alicyclic amines) is 1. The second-order valence-corrected chi connectivity index (χ2v) is 9.58. The Morgan fingerprint density at radius 3 is 2.38 bits per heavy atom. The van der Waals surface area contributed by atoms with Gasteiger partial charge in [-0.2, -0.15) is 0 Å². The van der Waals surface area contributed by atoms with Gasteiger partial charge in [-0.3, -0.25) is 9.59 Å². The van der Waals surface area contributed by atoms with Gasteiger partial charge in [-0.25, -0.2) is 4.39 Å². The lowest BCUT2D eigenvalue weighted by molar-refractivity contribution is -0.126. The van der Waals surface area contributed by atoms with E-state index in [-0.39, 0.29) is 29.6 Å². The second-order valence-electron chi connectivity index (χ2n) is 8.60. The first-order chi connectivity index (χ1) is 16.6. The summed E-state index contributed by atoms with van der Waals surface area (Å²) < 4.78 is 13.4. The predicted octanol–water partition coefficient (Wildman–Crippen LogP) is 5.80. The van der Waals surface area contributed by atoms with Crippen LogP contribution in [-0.2, 0) is 4.79 Å². The molecule has 1 fully saturated rings. The third-order valence-corrected chi connectivity index (χ3v) is 7.43. The molecule has 2 amide bonds. The van der Waals surface area contributed by atoms with E-state index in [2.05, 4.69) is 5.32 Å². The Balaban J connectivity index is 1.26. The third kappa shape index (κ3) is 4.59. The molecule has 1 N–H and O–H groups in total. The van der Waals surface area contributed by atoms with E-state index >= 15 is 0 Å². The molecule has 5 rings (SSSR count). The van der Waals surface area contributed by atoms with Crippen LogP contribution in [0.1, 0.15) is 39.7 Å². The van der Waals surface area contributed by atoms with E-state index in [0.29, 0.717) is 31.5 Å². The molecule has 4 nitrogen and oxygen atoms in total. The standard InChI is InChI=1S/C28H25FN2O2S/c29-22-12-10-20(11-13-22)26(25-9-4-18-34-25)30-27(32)21-14-16-31(17-15-21)28(33)24-8-3-6-19-5-1-2-7-23(19)24/h1-13,18,21,26H,14-17H2,(H,30,32). The summed E-state index contributed by atoms with van der Waals surface area (Å²) in [5.74, 6) is -0.485. The van der Waals surface area contributed by atoms with Crippen molar-refractivity contribution in [2.75, 3.05) is 13.1 Å². The summed E-state index contributed by atoms with van der Waals surface area (Å²) in [7, 11) is 0. The van der Waals surface area contributed by atoms with Crippen molar-refractivity contribution in [3.63, 3.8) is 0 Å². The number of nitrogens with zero attached hydrogens (tertiary/aromatic N) is 1. The maximum Gasteiger partial charge on any atom is 0.254 e. The largest absolute Gasteiger partial charge is 0.344 e. The fourth-order valence-electron chi connectivity index (χ4n) is 4.62. The molecule has 0 aliphatic carbocycles. The number of amides is 2. The lowest BCUT2D eigenvalue weighted by Gasteiger charge is -2.32. The van der Waals surface area contributed by atoms with E-state index in [4.69, 9.17) is 0 Å². The van der Waals surface area contributed by atoms with Crippen LogP contribution >= 0.6 is 11.3 Å². The van der Waals surface area contributed by atoms with Crippen molar-refractivity contribution < 1.29 is 14.0 Å². The topological polar surface area (TPSA) is 49.4 Å². The molecule has 2 heterocycles. The SMILES string of the molecule is O=C(NC(c1ccc(F)cc1)c1cccs1)C1CCN(C(=O)c2cccc3ccccc23)CC1. The average molecular weight is 473 g/mol. The Morgan fingerprint density at radius 1 is 0.912 bits per heavy atom. The summed E-state index contributed by atoms with van der Waals surface area (Å²) in [5, 5.41) is 7.13. The van der Waals surface area contributed by atoms with E-state index < -0.39 is 0 Å². The van der Waals surface area contributed by atoms with Crippen LogP contribution in [0.25, 0.3) is 10.8 Å². The summed E-state index contributed by atoms with van der Waals surface area (Å²) in [4.78, 5) is 29.3. The van der Waals surface area contributed by atoms with Crippen LogP contribution in [-0.4, -0.2) is 29.8 Å². The first-order valence-corrected chi connectivity index (χ1v) is 12.3. The summed E-state index contributed by atoms with van der Waals surface area (Å²) in [6.07, 6.45) is 1.23. The Bertz CT molecular complexity index is 1290. The molecular weight excluding hydrogens is 447 g/mol. The third-order valence-electron chi connectivity index (χ3n) is 6.49. The zero-order chi connectivity index (χ0) is 23.5. The number of carbonyl (C=O) groups is 2. The fraction of sp³-hybridized carbons (Fsp3) is 0.214. The van der Waals surface area contributed by atoms with Gasteiger partial charge in [0, 0.05) is 29.4 Å². The number of nitrogens with one attached hydrogen (secondary N) is 1. The second kappa shape index (κ2) is 9.77. The van der Waals surface area contributed by atoms with Crippen LogP contribution in [0.3, 0.4) is 0 Å². The summed E-state index contributed by atoms with van der Waals surface area (Å²) >= 11 is 1.56. The molecule has 34 heavy (non-hydrogen) atoms. The highest BCUT2D eigenvalue weighted by Gasteiger charge is 2.30. The number of rotatable bonds is 5. The van der Waals surface area contributed by atoms with Crippen molar-refractivity contribution in [2.24, 2.45) is 5.92 Å². The van der Waals surface area contributed by atoms with Gasteiger partial charge in [0.2, 0.25) is 5.91 Å². The zero-order valence-electron chi connectivity index (χ0n) is 18.6. The molecule has 4 aromatic rings. The number of thiophene rings is 1. The van der Waals surface area contributed by atoms with Gasteiger partial charge in [-0.15, -0.1) is 11.3 Å². The van der Waals surface area contributed by atoms with E-state index in [0.717, 1.165) is 21.2 Å². The van der Waals surface area contributed by atoms with Crippen molar-refractivity contribution >= 4 is 33.9 Å². The lowest BCUT2D eigenvalue weighted by Crippen LogP contribution is -2.43. The van der Waals surface area contributed by atoms with Gasteiger partial charge in [-0.1, -0.05) is 54.6 Å². The fourth-order valence-corrected chi connectivity index (χ4v) is 5.42. The van der Waals surface area contributed by atoms with E-state index in [9.17, 15) is 14.0 Å². The molecule has 6 heteroatoms.